The molecule has 1 saturated heterocycles. The van der Waals surface area contributed by atoms with Gasteiger partial charge in [0.1, 0.15) is 0 Å². The van der Waals surface area contributed by atoms with Crippen LogP contribution in [0.4, 0.5) is 5.69 Å². The molecule has 1 fully saturated rings. The molecule has 1 unspecified atom stereocenters. The van der Waals surface area contributed by atoms with Crippen molar-refractivity contribution in [3.63, 3.8) is 0 Å². The van der Waals surface area contributed by atoms with Gasteiger partial charge < -0.3 is 10.8 Å². The summed E-state index contributed by atoms with van der Waals surface area (Å²) in [4.78, 5) is 0. The first-order chi connectivity index (χ1) is 7.68. The Morgan fingerprint density at radius 2 is 2.06 bits per heavy atom. The van der Waals surface area contributed by atoms with Crippen LogP contribution in [0.1, 0.15) is 30.1 Å². The zero-order valence-corrected chi connectivity index (χ0v) is 10.5. The molecule has 0 aliphatic carbocycles. The van der Waals surface area contributed by atoms with Crippen LogP contribution in [-0.2, 0) is 0 Å². The number of aliphatic hydroxyl groups is 1. The molecule has 1 aliphatic heterocycles. The molecule has 2 nitrogen and oxygen atoms in total. The van der Waals surface area contributed by atoms with Gasteiger partial charge in [-0.15, -0.1) is 0 Å². The van der Waals surface area contributed by atoms with Gasteiger partial charge in [-0.25, -0.2) is 0 Å². The molecule has 0 bridgehead atoms. The van der Waals surface area contributed by atoms with Crippen LogP contribution >= 0.6 is 11.8 Å². The first-order valence-corrected chi connectivity index (χ1v) is 6.96. The highest BCUT2D eigenvalue weighted by atomic mass is 32.2. The number of hydrogen-bond acceptors (Lipinski definition) is 3. The van der Waals surface area contributed by atoms with Crippen molar-refractivity contribution >= 4 is 17.4 Å². The summed E-state index contributed by atoms with van der Waals surface area (Å²) >= 11 is 1.98. The largest absolute Gasteiger partial charge is 0.398 e. The van der Waals surface area contributed by atoms with Crippen molar-refractivity contribution in [1.29, 1.82) is 0 Å². The van der Waals surface area contributed by atoms with E-state index in [1.165, 1.54) is 0 Å². The van der Waals surface area contributed by atoms with Crippen molar-refractivity contribution in [3.8, 4) is 0 Å². The molecule has 3 heteroatoms. The van der Waals surface area contributed by atoms with Gasteiger partial charge in [0.15, 0.2) is 0 Å². The third-order valence-electron chi connectivity index (χ3n) is 3.27. The monoisotopic (exact) mass is 237 g/mol. The van der Waals surface area contributed by atoms with E-state index in [0.717, 1.165) is 41.2 Å². The summed E-state index contributed by atoms with van der Waals surface area (Å²) in [5.74, 6) is 2.70. The summed E-state index contributed by atoms with van der Waals surface area (Å²) in [5.41, 5.74) is 8.74. The molecule has 16 heavy (non-hydrogen) atoms. The minimum absolute atomic E-state index is 0.381. The average Bonchev–Trinajstić information content (AvgIpc) is 2.29. The molecule has 88 valence electrons. The molecule has 3 N–H and O–H groups in total. The lowest BCUT2D eigenvalue weighted by Gasteiger charge is -2.27. The lowest BCUT2D eigenvalue weighted by Crippen LogP contribution is -2.19. The number of anilines is 1. The van der Waals surface area contributed by atoms with Crippen molar-refractivity contribution in [2.75, 3.05) is 17.2 Å². The quantitative estimate of drug-likeness (QED) is 0.777. The fourth-order valence-electron chi connectivity index (χ4n) is 2.25. The van der Waals surface area contributed by atoms with Crippen LogP contribution in [0.5, 0.6) is 0 Å². The van der Waals surface area contributed by atoms with E-state index in [2.05, 4.69) is 0 Å². The molecule has 0 amide bonds. The van der Waals surface area contributed by atoms with Crippen molar-refractivity contribution < 1.29 is 5.11 Å². The van der Waals surface area contributed by atoms with Gasteiger partial charge in [-0.3, -0.25) is 0 Å². The second kappa shape index (κ2) is 5.11. The van der Waals surface area contributed by atoms with Gasteiger partial charge in [0.05, 0.1) is 6.10 Å². The molecule has 1 aromatic rings. The van der Waals surface area contributed by atoms with Crippen molar-refractivity contribution in [3.05, 3.63) is 29.3 Å². The molecule has 1 atom stereocenters. The zero-order valence-electron chi connectivity index (χ0n) is 9.65. The fraction of sp³-hybridized carbons (Fsp3) is 0.538. The Balaban J connectivity index is 2.15. The molecule has 0 radical (unpaired) electrons. The number of hydrogen-bond donors (Lipinski definition) is 2. The van der Waals surface area contributed by atoms with Crippen molar-refractivity contribution in [2.24, 2.45) is 5.92 Å². The Kier molecular flexibility index (Phi) is 3.77. The van der Waals surface area contributed by atoms with E-state index in [-0.39, 0.29) is 6.10 Å². The van der Waals surface area contributed by atoms with E-state index in [1.807, 2.05) is 36.9 Å². The molecule has 1 heterocycles. The minimum atomic E-state index is -0.388. The Bertz CT molecular complexity index is 361. The van der Waals surface area contributed by atoms with E-state index in [9.17, 15) is 5.11 Å². The minimum Gasteiger partial charge on any atom is -0.398 e. The lowest BCUT2D eigenvalue weighted by molar-refractivity contribution is 0.104. The fourth-order valence-corrected chi connectivity index (χ4v) is 3.39. The van der Waals surface area contributed by atoms with Gasteiger partial charge >= 0.3 is 0 Å². The Morgan fingerprint density at radius 1 is 1.38 bits per heavy atom. The van der Waals surface area contributed by atoms with Gasteiger partial charge in [-0.1, -0.05) is 12.1 Å². The highest BCUT2D eigenvalue weighted by Crippen LogP contribution is 2.35. The number of nitrogens with two attached hydrogens (primary N) is 1. The highest BCUT2D eigenvalue weighted by molar-refractivity contribution is 7.99. The lowest BCUT2D eigenvalue weighted by atomic mass is 9.90. The predicted octanol–water partition coefficient (Wildman–Crippen LogP) is 2.75. The first kappa shape index (κ1) is 11.8. The number of thioether (sulfide) groups is 1. The SMILES string of the molecule is Cc1ccc(C(O)C2CCSCC2)c(N)c1. The Hall–Kier alpha value is -0.670. The van der Waals surface area contributed by atoms with Crippen LogP contribution < -0.4 is 5.73 Å². The molecule has 0 aromatic heterocycles. The maximum Gasteiger partial charge on any atom is 0.0838 e. The highest BCUT2D eigenvalue weighted by Gasteiger charge is 2.24. The maximum absolute atomic E-state index is 10.3. The summed E-state index contributed by atoms with van der Waals surface area (Å²) in [6, 6.07) is 5.93. The van der Waals surface area contributed by atoms with Crippen LogP contribution in [0, 0.1) is 12.8 Å². The third kappa shape index (κ3) is 2.53. The number of aryl methyl sites for hydroxylation is 1. The number of benzene rings is 1. The molecule has 0 saturated carbocycles. The van der Waals surface area contributed by atoms with Crippen LogP contribution in [0.15, 0.2) is 18.2 Å². The van der Waals surface area contributed by atoms with Gasteiger partial charge in [-0.05, 0) is 48.8 Å². The molecule has 1 aliphatic rings. The smallest absolute Gasteiger partial charge is 0.0838 e. The molecular weight excluding hydrogens is 218 g/mol. The van der Waals surface area contributed by atoms with E-state index in [0.29, 0.717) is 5.92 Å². The van der Waals surface area contributed by atoms with Crippen LogP contribution in [-0.4, -0.2) is 16.6 Å². The average molecular weight is 237 g/mol. The zero-order chi connectivity index (χ0) is 11.5. The normalized spacial score (nSPS) is 19.6. The topological polar surface area (TPSA) is 46.2 Å². The van der Waals surface area contributed by atoms with E-state index >= 15 is 0 Å². The first-order valence-electron chi connectivity index (χ1n) is 5.80. The summed E-state index contributed by atoms with van der Waals surface area (Å²) < 4.78 is 0. The Morgan fingerprint density at radius 3 is 2.69 bits per heavy atom. The summed E-state index contributed by atoms with van der Waals surface area (Å²) in [6.07, 6.45) is 1.81. The molecular formula is C13H19NOS. The van der Waals surface area contributed by atoms with Gasteiger partial charge in [0.25, 0.3) is 0 Å². The third-order valence-corrected chi connectivity index (χ3v) is 4.32. The van der Waals surface area contributed by atoms with Crippen LogP contribution in [0.3, 0.4) is 0 Å². The second-order valence-corrected chi connectivity index (χ2v) is 5.75. The van der Waals surface area contributed by atoms with E-state index in [4.69, 9.17) is 5.73 Å². The number of rotatable bonds is 2. The Labute approximate surface area is 101 Å². The summed E-state index contributed by atoms with van der Waals surface area (Å²) in [7, 11) is 0. The van der Waals surface area contributed by atoms with Gasteiger partial charge in [0, 0.05) is 11.3 Å². The van der Waals surface area contributed by atoms with Crippen molar-refractivity contribution in [2.45, 2.75) is 25.9 Å². The second-order valence-electron chi connectivity index (χ2n) is 4.53. The number of aliphatic hydroxyl groups excluding tert-OH is 1. The molecule has 2 rings (SSSR count). The number of nitrogen functional groups attached to an aromatic ring is 1. The predicted molar refractivity (Wildman–Crippen MR) is 70.6 cm³/mol. The summed E-state index contributed by atoms with van der Waals surface area (Å²) in [6.45, 7) is 2.02. The van der Waals surface area contributed by atoms with E-state index in [1.54, 1.807) is 0 Å². The van der Waals surface area contributed by atoms with Crippen LogP contribution in [0.2, 0.25) is 0 Å². The standard InChI is InChI=1S/C13H19NOS/c1-9-2-3-11(12(14)8-9)13(15)10-4-6-16-7-5-10/h2-3,8,10,13,15H,4-7,14H2,1H3. The molecule has 1 aromatic carbocycles. The van der Waals surface area contributed by atoms with E-state index < -0.39 is 0 Å². The molecule has 0 spiro atoms. The summed E-state index contributed by atoms with van der Waals surface area (Å²) in [5, 5.41) is 10.3. The van der Waals surface area contributed by atoms with Crippen LogP contribution in [0.25, 0.3) is 0 Å². The van der Waals surface area contributed by atoms with Crippen molar-refractivity contribution in [1.82, 2.24) is 0 Å². The van der Waals surface area contributed by atoms with Gasteiger partial charge in [-0.2, -0.15) is 11.8 Å². The maximum atomic E-state index is 10.3. The van der Waals surface area contributed by atoms with Gasteiger partial charge in [0.2, 0.25) is 0 Å².